The molecule has 1 N–H and O–H groups in total. The van der Waals surface area contributed by atoms with E-state index >= 15 is 0 Å². The summed E-state index contributed by atoms with van der Waals surface area (Å²) in [5.41, 5.74) is 0.606. The van der Waals surface area contributed by atoms with Crippen molar-refractivity contribution in [3.05, 3.63) is 11.9 Å². The molecule has 84 valence electrons. The molecule has 0 aromatic carbocycles. The molecule has 2 heterocycles. The maximum Gasteiger partial charge on any atom is 0.246 e. The Kier molecular flexibility index (Phi) is 2.56. The van der Waals surface area contributed by atoms with Crippen LogP contribution in [0, 0.1) is 12.8 Å². The molecule has 1 unspecified atom stereocenters. The zero-order valence-electron chi connectivity index (χ0n) is 8.90. The number of aryl methyl sites for hydroxylation is 1. The highest BCUT2D eigenvalue weighted by Gasteiger charge is 2.32. The van der Waals surface area contributed by atoms with Gasteiger partial charge in [-0.2, -0.15) is 9.40 Å². The van der Waals surface area contributed by atoms with Crippen molar-refractivity contribution in [3.8, 4) is 0 Å². The van der Waals surface area contributed by atoms with E-state index in [1.165, 1.54) is 10.5 Å². The van der Waals surface area contributed by atoms with E-state index in [2.05, 4.69) is 17.1 Å². The van der Waals surface area contributed by atoms with Crippen LogP contribution in [0.5, 0.6) is 0 Å². The molecule has 5 nitrogen and oxygen atoms in total. The van der Waals surface area contributed by atoms with E-state index in [1.54, 1.807) is 6.92 Å². The van der Waals surface area contributed by atoms with Crippen molar-refractivity contribution in [2.75, 3.05) is 13.1 Å². The van der Waals surface area contributed by atoms with Gasteiger partial charge < -0.3 is 0 Å². The molecule has 1 fully saturated rings. The van der Waals surface area contributed by atoms with Crippen LogP contribution < -0.4 is 0 Å². The summed E-state index contributed by atoms with van der Waals surface area (Å²) in [6.45, 7) is 5.03. The summed E-state index contributed by atoms with van der Waals surface area (Å²) in [6.07, 6.45) is 2.32. The molecule has 0 spiro atoms. The van der Waals surface area contributed by atoms with E-state index in [0.717, 1.165) is 6.42 Å². The van der Waals surface area contributed by atoms with Gasteiger partial charge in [-0.15, -0.1) is 0 Å². The molecule has 0 saturated carbocycles. The molecule has 0 aliphatic carbocycles. The van der Waals surface area contributed by atoms with Gasteiger partial charge in [-0.05, 0) is 19.3 Å². The maximum atomic E-state index is 12.1. The van der Waals surface area contributed by atoms with E-state index in [9.17, 15) is 8.42 Å². The summed E-state index contributed by atoms with van der Waals surface area (Å²) >= 11 is 0. The van der Waals surface area contributed by atoms with Gasteiger partial charge in [0.15, 0.2) is 0 Å². The highest BCUT2D eigenvalue weighted by atomic mass is 32.2. The fourth-order valence-corrected chi connectivity index (χ4v) is 3.54. The zero-order valence-corrected chi connectivity index (χ0v) is 9.71. The highest BCUT2D eigenvalue weighted by molar-refractivity contribution is 7.89. The monoisotopic (exact) mass is 229 g/mol. The maximum absolute atomic E-state index is 12.1. The van der Waals surface area contributed by atoms with Gasteiger partial charge in [0.2, 0.25) is 10.0 Å². The number of nitrogens with zero attached hydrogens (tertiary/aromatic N) is 2. The van der Waals surface area contributed by atoms with Crippen LogP contribution in [-0.4, -0.2) is 36.0 Å². The van der Waals surface area contributed by atoms with Crippen LogP contribution in [0.4, 0.5) is 0 Å². The average molecular weight is 229 g/mol. The number of aromatic nitrogens is 2. The van der Waals surface area contributed by atoms with Gasteiger partial charge >= 0.3 is 0 Å². The molecule has 0 radical (unpaired) electrons. The standard InChI is InChI=1S/C9H15N3O2S/c1-7-3-4-12(6-7)15(13,14)9-5-10-11-8(9)2/h5,7H,3-4,6H2,1-2H3,(H,10,11). The van der Waals surface area contributed by atoms with Crippen LogP contribution in [0.2, 0.25) is 0 Å². The molecule has 6 heteroatoms. The molecule has 1 aromatic heterocycles. The Morgan fingerprint density at radius 2 is 2.33 bits per heavy atom. The first kappa shape index (κ1) is 10.6. The van der Waals surface area contributed by atoms with Crippen LogP contribution in [0.3, 0.4) is 0 Å². The first-order chi connectivity index (χ1) is 7.01. The third-order valence-electron chi connectivity index (χ3n) is 2.79. The fraction of sp³-hybridized carbons (Fsp3) is 0.667. The van der Waals surface area contributed by atoms with Gasteiger partial charge in [-0.1, -0.05) is 6.92 Å². The van der Waals surface area contributed by atoms with Crippen molar-refractivity contribution >= 4 is 10.0 Å². The average Bonchev–Trinajstić information content (AvgIpc) is 2.74. The summed E-state index contributed by atoms with van der Waals surface area (Å²) in [4.78, 5) is 0.302. The van der Waals surface area contributed by atoms with Crippen LogP contribution >= 0.6 is 0 Å². The van der Waals surface area contributed by atoms with Crippen LogP contribution in [0.1, 0.15) is 19.0 Å². The summed E-state index contributed by atoms with van der Waals surface area (Å²) < 4.78 is 25.8. The topological polar surface area (TPSA) is 66.1 Å². The molecule has 1 saturated heterocycles. The van der Waals surface area contributed by atoms with E-state index in [0.29, 0.717) is 29.6 Å². The Labute approximate surface area is 89.5 Å². The first-order valence-corrected chi connectivity index (χ1v) is 6.46. The van der Waals surface area contributed by atoms with Crippen molar-refractivity contribution < 1.29 is 8.42 Å². The number of nitrogens with one attached hydrogen (secondary N) is 1. The molecule has 1 atom stereocenters. The van der Waals surface area contributed by atoms with Gasteiger partial charge in [0.05, 0.1) is 11.9 Å². The number of H-pyrrole nitrogens is 1. The lowest BCUT2D eigenvalue weighted by Crippen LogP contribution is -2.28. The van der Waals surface area contributed by atoms with Crippen molar-refractivity contribution in [1.82, 2.24) is 14.5 Å². The first-order valence-electron chi connectivity index (χ1n) is 5.02. The van der Waals surface area contributed by atoms with E-state index in [1.807, 2.05) is 0 Å². The van der Waals surface area contributed by atoms with Gasteiger partial charge in [0.1, 0.15) is 4.90 Å². The molecular weight excluding hydrogens is 214 g/mol. The normalized spacial score (nSPS) is 23.5. The van der Waals surface area contributed by atoms with Crippen molar-refractivity contribution in [1.29, 1.82) is 0 Å². The van der Waals surface area contributed by atoms with E-state index in [-0.39, 0.29) is 0 Å². The minimum absolute atomic E-state index is 0.302. The quantitative estimate of drug-likeness (QED) is 0.813. The predicted octanol–water partition coefficient (Wildman–Crippen LogP) is 0.749. The lowest BCUT2D eigenvalue weighted by Gasteiger charge is -2.14. The van der Waals surface area contributed by atoms with Crippen LogP contribution in [-0.2, 0) is 10.0 Å². The van der Waals surface area contributed by atoms with Crippen LogP contribution in [0.25, 0.3) is 0 Å². The molecule has 15 heavy (non-hydrogen) atoms. The number of aromatic amines is 1. The number of rotatable bonds is 2. The summed E-state index contributed by atoms with van der Waals surface area (Å²) in [5.74, 6) is 0.451. The smallest absolute Gasteiger partial charge is 0.246 e. The summed E-state index contributed by atoms with van der Waals surface area (Å²) in [7, 11) is -3.32. The second kappa shape index (κ2) is 3.61. The molecule has 1 aliphatic rings. The minimum atomic E-state index is -3.32. The highest BCUT2D eigenvalue weighted by Crippen LogP contribution is 2.24. The molecule has 1 aliphatic heterocycles. The summed E-state index contributed by atoms with van der Waals surface area (Å²) in [6, 6.07) is 0. The third-order valence-corrected chi connectivity index (χ3v) is 4.77. The third kappa shape index (κ3) is 1.79. The molecule has 2 rings (SSSR count). The van der Waals surface area contributed by atoms with E-state index in [4.69, 9.17) is 0 Å². The number of hydrogen-bond acceptors (Lipinski definition) is 3. The Hall–Kier alpha value is -0.880. The Bertz CT molecular complexity index is 452. The van der Waals surface area contributed by atoms with Crippen molar-refractivity contribution in [2.24, 2.45) is 5.92 Å². The van der Waals surface area contributed by atoms with E-state index < -0.39 is 10.0 Å². The summed E-state index contributed by atoms with van der Waals surface area (Å²) in [5, 5.41) is 6.40. The predicted molar refractivity (Wildman–Crippen MR) is 55.9 cm³/mol. The molecular formula is C9H15N3O2S. The second-order valence-electron chi connectivity index (χ2n) is 4.12. The Morgan fingerprint density at radius 1 is 1.60 bits per heavy atom. The lowest BCUT2D eigenvalue weighted by atomic mass is 10.2. The minimum Gasteiger partial charge on any atom is -0.281 e. The molecule has 0 bridgehead atoms. The Balaban J connectivity index is 2.32. The van der Waals surface area contributed by atoms with Crippen molar-refractivity contribution in [3.63, 3.8) is 0 Å². The number of hydrogen-bond donors (Lipinski definition) is 1. The molecule has 0 amide bonds. The van der Waals surface area contributed by atoms with Crippen LogP contribution in [0.15, 0.2) is 11.1 Å². The SMILES string of the molecule is Cc1[nH]ncc1S(=O)(=O)N1CCC(C)C1. The van der Waals surface area contributed by atoms with Gasteiger partial charge in [-0.3, -0.25) is 5.10 Å². The van der Waals surface area contributed by atoms with Gasteiger partial charge in [0, 0.05) is 13.1 Å². The van der Waals surface area contributed by atoms with Gasteiger partial charge in [0.25, 0.3) is 0 Å². The molecule has 1 aromatic rings. The number of sulfonamides is 1. The fourth-order valence-electron chi connectivity index (χ4n) is 1.85. The largest absolute Gasteiger partial charge is 0.281 e. The van der Waals surface area contributed by atoms with Gasteiger partial charge in [-0.25, -0.2) is 8.42 Å². The second-order valence-corrected chi connectivity index (χ2v) is 6.02. The zero-order chi connectivity index (χ0) is 11.1. The lowest BCUT2D eigenvalue weighted by molar-refractivity contribution is 0.464. The van der Waals surface area contributed by atoms with Crippen molar-refractivity contribution in [2.45, 2.75) is 25.2 Å². The Morgan fingerprint density at radius 3 is 2.80 bits per heavy atom.